The van der Waals surface area contributed by atoms with Crippen LogP contribution in [0.5, 0.6) is 0 Å². The molecule has 0 bridgehead atoms. The van der Waals surface area contributed by atoms with Crippen molar-refractivity contribution in [1.82, 2.24) is 5.32 Å². The highest BCUT2D eigenvalue weighted by atomic mass is 16.1. The van der Waals surface area contributed by atoms with E-state index < -0.39 is 0 Å². The van der Waals surface area contributed by atoms with E-state index in [1.807, 2.05) is 6.92 Å². The van der Waals surface area contributed by atoms with Gasteiger partial charge in [0.25, 0.3) is 0 Å². The maximum atomic E-state index is 11.3. The van der Waals surface area contributed by atoms with E-state index in [2.05, 4.69) is 19.2 Å². The lowest BCUT2D eigenvalue weighted by molar-refractivity contribution is -0.125. The summed E-state index contributed by atoms with van der Waals surface area (Å²) in [5, 5.41) is 2.84. The first-order valence-corrected chi connectivity index (χ1v) is 4.53. The SMILES string of the molecule is CCC[C@H](CC)C(=O)NCC. The van der Waals surface area contributed by atoms with Crippen molar-refractivity contribution in [2.75, 3.05) is 6.54 Å². The van der Waals surface area contributed by atoms with Crippen LogP contribution in [0.2, 0.25) is 0 Å². The molecule has 66 valence electrons. The molecule has 2 nitrogen and oxygen atoms in total. The molecule has 0 aliphatic heterocycles. The third-order valence-corrected chi connectivity index (χ3v) is 1.85. The van der Waals surface area contributed by atoms with Gasteiger partial charge in [-0.25, -0.2) is 0 Å². The molecule has 1 amide bonds. The molecular weight excluding hydrogens is 138 g/mol. The first kappa shape index (κ1) is 10.5. The lowest BCUT2D eigenvalue weighted by Gasteiger charge is -2.12. The van der Waals surface area contributed by atoms with Crippen molar-refractivity contribution < 1.29 is 4.79 Å². The van der Waals surface area contributed by atoms with E-state index in [9.17, 15) is 4.79 Å². The Morgan fingerprint density at radius 2 is 2.00 bits per heavy atom. The Hall–Kier alpha value is -0.530. The molecule has 1 atom stereocenters. The monoisotopic (exact) mass is 157 g/mol. The van der Waals surface area contributed by atoms with Gasteiger partial charge in [0.1, 0.15) is 0 Å². The topological polar surface area (TPSA) is 29.1 Å². The summed E-state index contributed by atoms with van der Waals surface area (Å²) in [6.45, 7) is 6.88. The second-order valence-corrected chi connectivity index (χ2v) is 2.79. The van der Waals surface area contributed by atoms with Crippen LogP contribution in [0.25, 0.3) is 0 Å². The molecule has 0 fully saturated rings. The fourth-order valence-electron chi connectivity index (χ4n) is 1.19. The molecule has 1 N–H and O–H groups in total. The zero-order valence-corrected chi connectivity index (χ0v) is 7.81. The van der Waals surface area contributed by atoms with Crippen molar-refractivity contribution in [2.24, 2.45) is 5.92 Å². The lowest BCUT2D eigenvalue weighted by atomic mass is 10.00. The molecular formula is C9H19NO. The summed E-state index contributed by atoms with van der Waals surface area (Å²) in [6.07, 6.45) is 3.07. The molecule has 0 aromatic carbocycles. The van der Waals surface area contributed by atoms with Crippen LogP contribution in [-0.2, 0) is 4.79 Å². The van der Waals surface area contributed by atoms with Crippen molar-refractivity contribution >= 4 is 5.91 Å². The molecule has 2 heteroatoms. The summed E-state index contributed by atoms with van der Waals surface area (Å²) in [4.78, 5) is 11.3. The van der Waals surface area contributed by atoms with Crippen molar-refractivity contribution in [3.8, 4) is 0 Å². The Morgan fingerprint density at radius 3 is 2.36 bits per heavy atom. The van der Waals surface area contributed by atoms with Crippen LogP contribution in [0, 0.1) is 5.92 Å². The highest BCUT2D eigenvalue weighted by Gasteiger charge is 2.13. The fraction of sp³-hybridized carbons (Fsp3) is 0.889. The van der Waals surface area contributed by atoms with E-state index in [0.717, 1.165) is 25.8 Å². The quantitative estimate of drug-likeness (QED) is 0.649. The minimum atomic E-state index is 0.219. The maximum absolute atomic E-state index is 11.3. The molecule has 11 heavy (non-hydrogen) atoms. The van der Waals surface area contributed by atoms with E-state index in [-0.39, 0.29) is 11.8 Å². The second kappa shape index (κ2) is 6.20. The van der Waals surface area contributed by atoms with E-state index in [1.54, 1.807) is 0 Å². The lowest BCUT2D eigenvalue weighted by Crippen LogP contribution is -2.29. The van der Waals surface area contributed by atoms with Gasteiger partial charge in [-0.1, -0.05) is 20.3 Å². The second-order valence-electron chi connectivity index (χ2n) is 2.79. The Balaban J connectivity index is 3.71. The van der Waals surface area contributed by atoms with Crippen molar-refractivity contribution in [3.63, 3.8) is 0 Å². The Morgan fingerprint density at radius 1 is 1.36 bits per heavy atom. The molecule has 0 radical (unpaired) electrons. The molecule has 0 rings (SSSR count). The van der Waals surface area contributed by atoms with Gasteiger partial charge in [-0.3, -0.25) is 4.79 Å². The molecule has 0 unspecified atom stereocenters. The van der Waals surface area contributed by atoms with Gasteiger partial charge in [-0.15, -0.1) is 0 Å². The van der Waals surface area contributed by atoms with Gasteiger partial charge in [0.15, 0.2) is 0 Å². The van der Waals surface area contributed by atoms with Gasteiger partial charge in [0, 0.05) is 12.5 Å². The van der Waals surface area contributed by atoms with Crippen LogP contribution in [0.1, 0.15) is 40.0 Å². The van der Waals surface area contributed by atoms with Crippen LogP contribution in [0.3, 0.4) is 0 Å². The number of carbonyl (C=O) groups excluding carboxylic acids is 1. The van der Waals surface area contributed by atoms with Crippen molar-refractivity contribution in [1.29, 1.82) is 0 Å². The third-order valence-electron chi connectivity index (χ3n) is 1.85. The molecule has 0 aliphatic carbocycles. The standard InChI is InChI=1S/C9H19NO/c1-4-7-8(5-2)9(11)10-6-3/h8H,4-7H2,1-3H3,(H,10,11)/t8-/m0/s1. The first-order chi connectivity index (χ1) is 5.26. The Kier molecular flexibility index (Phi) is 5.90. The van der Waals surface area contributed by atoms with Crippen molar-refractivity contribution in [2.45, 2.75) is 40.0 Å². The molecule has 0 spiro atoms. The van der Waals surface area contributed by atoms with Crippen LogP contribution < -0.4 is 5.32 Å². The molecule has 0 heterocycles. The van der Waals surface area contributed by atoms with Gasteiger partial charge in [-0.2, -0.15) is 0 Å². The minimum absolute atomic E-state index is 0.219. The molecule has 0 saturated carbocycles. The molecule has 0 saturated heterocycles. The van der Waals surface area contributed by atoms with E-state index in [4.69, 9.17) is 0 Å². The summed E-state index contributed by atoms with van der Waals surface area (Å²) in [5.74, 6) is 0.455. The van der Waals surface area contributed by atoms with E-state index in [1.165, 1.54) is 0 Å². The number of carbonyl (C=O) groups is 1. The van der Waals surface area contributed by atoms with Gasteiger partial charge in [-0.05, 0) is 19.8 Å². The van der Waals surface area contributed by atoms with Crippen LogP contribution in [0.15, 0.2) is 0 Å². The maximum Gasteiger partial charge on any atom is 0.223 e. The summed E-state index contributed by atoms with van der Waals surface area (Å²) in [7, 11) is 0. The summed E-state index contributed by atoms with van der Waals surface area (Å²) in [5.41, 5.74) is 0. The number of amides is 1. The zero-order valence-electron chi connectivity index (χ0n) is 7.81. The van der Waals surface area contributed by atoms with Gasteiger partial charge >= 0.3 is 0 Å². The predicted molar refractivity (Wildman–Crippen MR) is 47.4 cm³/mol. The predicted octanol–water partition coefficient (Wildman–Crippen LogP) is 1.95. The Bertz CT molecular complexity index is 112. The third kappa shape index (κ3) is 4.02. The normalized spacial score (nSPS) is 12.6. The number of hydrogen-bond acceptors (Lipinski definition) is 1. The van der Waals surface area contributed by atoms with E-state index in [0.29, 0.717) is 0 Å². The molecule has 0 aliphatic rings. The van der Waals surface area contributed by atoms with Crippen LogP contribution in [0.4, 0.5) is 0 Å². The zero-order chi connectivity index (χ0) is 8.69. The summed E-state index contributed by atoms with van der Waals surface area (Å²) < 4.78 is 0. The number of nitrogens with one attached hydrogen (secondary N) is 1. The van der Waals surface area contributed by atoms with Gasteiger partial charge < -0.3 is 5.32 Å². The average molecular weight is 157 g/mol. The van der Waals surface area contributed by atoms with Crippen LogP contribution >= 0.6 is 0 Å². The summed E-state index contributed by atoms with van der Waals surface area (Å²) >= 11 is 0. The van der Waals surface area contributed by atoms with E-state index >= 15 is 0 Å². The average Bonchev–Trinajstić information content (AvgIpc) is 2.00. The van der Waals surface area contributed by atoms with Crippen LogP contribution in [-0.4, -0.2) is 12.5 Å². The smallest absolute Gasteiger partial charge is 0.223 e. The summed E-state index contributed by atoms with van der Waals surface area (Å²) in [6, 6.07) is 0. The highest BCUT2D eigenvalue weighted by Crippen LogP contribution is 2.09. The molecule has 0 aromatic heterocycles. The molecule has 0 aromatic rings. The van der Waals surface area contributed by atoms with Crippen molar-refractivity contribution in [3.05, 3.63) is 0 Å². The van der Waals surface area contributed by atoms with Gasteiger partial charge in [0.2, 0.25) is 5.91 Å². The highest BCUT2D eigenvalue weighted by molar-refractivity contribution is 5.78. The fourth-order valence-corrected chi connectivity index (χ4v) is 1.19. The minimum Gasteiger partial charge on any atom is -0.356 e. The Labute approximate surface area is 69.4 Å². The largest absolute Gasteiger partial charge is 0.356 e. The number of hydrogen-bond donors (Lipinski definition) is 1. The van der Waals surface area contributed by atoms with Gasteiger partial charge in [0.05, 0.1) is 0 Å². The first-order valence-electron chi connectivity index (χ1n) is 4.53. The number of rotatable bonds is 5.